The van der Waals surface area contributed by atoms with Crippen molar-refractivity contribution < 1.29 is 13.2 Å². The molecule has 0 radical (unpaired) electrons. The lowest BCUT2D eigenvalue weighted by molar-refractivity contribution is -0.125. The Morgan fingerprint density at radius 1 is 1.15 bits per heavy atom. The van der Waals surface area contributed by atoms with Gasteiger partial charge in [-0.3, -0.25) is 4.90 Å². The van der Waals surface area contributed by atoms with E-state index in [4.69, 9.17) is 0 Å². The standard InChI is InChI=1S/C20H30F3N3/c1-4-18(15-16(2)10-11-20(21,22)23)24-17(3)26-14-6-5-9-19(26)25-12-7-8-13-25/h4,10,15,19,24H,1,3,5-9,11-14H2,2H3/b16-10-,18-15+/t19-/m0/s1. The number of halogens is 3. The van der Waals surface area contributed by atoms with Crippen LogP contribution in [0.15, 0.2) is 48.5 Å². The van der Waals surface area contributed by atoms with Gasteiger partial charge in [-0.15, -0.1) is 0 Å². The van der Waals surface area contributed by atoms with Crippen LogP contribution in [0.25, 0.3) is 0 Å². The van der Waals surface area contributed by atoms with Crippen LogP contribution < -0.4 is 5.32 Å². The van der Waals surface area contributed by atoms with Gasteiger partial charge in [0.15, 0.2) is 0 Å². The van der Waals surface area contributed by atoms with E-state index in [0.29, 0.717) is 17.4 Å². The second-order valence-corrected chi connectivity index (χ2v) is 7.06. The Morgan fingerprint density at radius 2 is 1.81 bits per heavy atom. The summed E-state index contributed by atoms with van der Waals surface area (Å²) < 4.78 is 37.1. The van der Waals surface area contributed by atoms with Crippen molar-refractivity contribution in [2.45, 2.75) is 57.8 Å². The third-order valence-corrected chi connectivity index (χ3v) is 4.93. The minimum atomic E-state index is -4.18. The molecule has 0 saturated carbocycles. The molecule has 3 nitrogen and oxygen atoms in total. The minimum absolute atomic E-state index is 0.360. The number of rotatable bonds is 7. The number of alkyl halides is 3. The molecule has 1 atom stereocenters. The van der Waals surface area contributed by atoms with Crippen LogP contribution in [-0.4, -0.2) is 41.8 Å². The van der Waals surface area contributed by atoms with E-state index in [0.717, 1.165) is 38.3 Å². The topological polar surface area (TPSA) is 18.5 Å². The fourth-order valence-corrected chi connectivity index (χ4v) is 3.61. The Bertz CT molecular complexity index is 557. The molecule has 26 heavy (non-hydrogen) atoms. The summed E-state index contributed by atoms with van der Waals surface area (Å²) in [4.78, 5) is 4.80. The average Bonchev–Trinajstić information content (AvgIpc) is 3.13. The van der Waals surface area contributed by atoms with E-state index in [-0.39, 0.29) is 0 Å². The maximum absolute atomic E-state index is 12.4. The van der Waals surface area contributed by atoms with Crippen molar-refractivity contribution in [2.24, 2.45) is 0 Å². The first kappa shape index (κ1) is 20.6. The highest BCUT2D eigenvalue weighted by molar-refractivity contribution is 5.29. The van der Waals surface area contributed by atoms with Crippen LogP contribution in [0.2, 0.25) is 0 Å². The normalized spacial score (nSPS) is 23.2. The van der Waals surface area contributed by atoms with E-state index in [2.05, 4.69) is 28.3 Å². The van der Waals surface area contributed by atoms with Crippen LogP contribution in [-0.2, 0) is 0 Å². The highest BCUT2D eigenvalue weighted by atomic mass is 19.4. The molecule has 6 heteroatoms. The molecule has 0 bridgehead atoms. The van der Waals surface area contributed by atoms with Crippen LogP contribution in [0.4, 0.5) is 13.2 Å². The van der Waals surface area contributed by atoms with Gasteiger partial charge < -0.3 is 10.2 Å². The maximum atomic E-state index is 12.4. The Balaban J connectivity index is 2.02. The number of nitrogens with one attached hydrogen (secondary N) is 1. The molecule has 0 amide bonds. The van der Waals surface area contributed by atoms with Gasteiger partial charge in [-0.05, 0) is 51.2 Å². The van der Waals surface area contributed by atoms with Crippen molar-refractivity contribution in [1.29, 1.82) is 0 Å². The summed E-state index contributed by atoms with van der Waals surface area (Å²) in [5.41, 5.74) is 1.21. The van der Waals surface area contributed by atoms with Crippen molar-refractivity contribution in [3.05, 3.63) is 48.5 Å². The Morgan fingerprint density at radius 3 is 2.42 bits per heavy atom. The first-order valence-corrected chi connectivity index (χ1v) is 9.34. The predicted molar refractivity (Wildman–Crippen MR) is 100 cm³/mol. The average molecular weight is 369 g/mol. The van der Waals surface area contributed by atoms with Gasteiger partial charge in [-0.2, -0.15) is 13.2 Å². The monoisotopic (exact) mass is 369 g/mol. The lowest BCUT2D eigenvalue weighted by Gasteiger charge is -2.43. The molecule has 0 aromatic carbocycles. The summed E-state index contributed by atoms with van der Waals surface area (Å²) in [7, 11) is 0. The predicted octanol–water partition coefficient (Wildman–Crippen LogP) is 4.92. The molecular formula is C20H30F3N3. The molecule has 2 heterocycles. The fourth-order valence-electron chi connectivity index (χ4n) is 3.61. The molecule has 2 rings (SSSR count). The van der Waals surface area contributed by atoms with Crippen LogP contribution in [0.3, 0.4) is 0 Å². The van der Waals surface area contributed by atoms with E-state index in [1.54, 1.807) is 19.1 Å². The third-order valence-electron chi connectivity index (χ3n) is 4.93. The van der Waals surface area contributed by atoms with E-state index in [1.165, 1.54) is 25.3 Å². The largest absolute Gasteiger partial charge is 0.392 e. The van der Waals surface area contributed by atoms with Gasteiger partial charge in [0.1, 0.15) is 0 Å². The second-order valence-electron chi connectivity index (χ2n) is 7.06. The first-order valence-electron chi connectivity index (χ1n) is 9.34. The summed E-state index contributed by atoms with van der Waals surface area (Å²) in [5.74, 6) is 0.788. The highest BCUT2D eigenvalue weighted by Gasteiger charge is 2.30. The highest BCUT2D eigenvalue weighted by Crippen LogP contribution is 2.26. The number of allylic oxidation sites excluding steroid dienone is 4. The van der Waals surface area contributed by atoms with E-state index < -0.39 is 12.6 Å². The zero-order valence-corrected chi connectivity index (χ0v) is 15.6. The first-order chi connectivity index (χ1) is 12.3. The molecule has 0 unspecified atom stereocenters. The van der Waals surface area contributed by atoms with Crippen molar-refractivity contribution in [1.82, 2.24) is 15.1 Å². The fraction of sp³-hybridized carbons (Fsp3) is 0.600. The smallest absolute Gasteiger partial charge is 0.343 e. The van der Waals surface area contributed by atoms with Gasteiger partial charge in [0.2, 0.25) is 0 Å². The van der Waals surface area contributed by atoms with Gasteiger partial charge in [0, 0.05) is 25.3 Å². The minimum Gasteiger partial charge on any atom is -0.343 e. The molecular weight excluding hydrogens is 339 g/mol. The SMILES string of the molecule is C=C/C(=C\C(C)=C/CC(F)(F)F)NC(=C)N1CCCC[C@H]1N1CCCC1. The molecule has 0 aromatic rings. The van der Waals surface area contributed by atoms with Crippen LogP contribution in [0.1, 0.15) is 45.4 Å². The lowest BCUT2D eigenvalue weighted by Crippen LogP contribution is -2.51. The van der Waals surface area contributed by atoms with Gasteiger partial charge in [0.25, 0.3) is 0 Å². The zero-order valence-electron chi connectivity index (χ0n) is 15.6. The van der Waals surface area contributed by atoms with E-state index in [1.807, 2.05) is 0 Å². The Kier molecular flexibility index (Phi) is 7.38. The van der Waals surface area contributed by atoms with Crippen molar-refractivity contribution in [2.75, 3.05) is 19.6 Å². The number of hydrogen-bond acceptors (Lipinski definition) is 3. The van der Waals surface area contributed by atoms with Crippen molar-refractivity contribution in [3.8, 4) is 0 Å². The van der Waals surface area contributed by atoms with Crippen molar-refractivity contribution in [3.63, 3.8) is 0 Å². The van der Waals surface area contributed by atoms with Crippen molar-refractivity contribution >= 4 is 0 Å². The van der Waals surface area contributed by atoms with E-state index >= 15 is 0 Å². The number of hydrogen-bond donors (Lipinski definition) is 1. The number of likely N-dealkylation sites (tertiary alicyclic amines) is 2. The molecule has 2 fully saturated rings. The molecule has 2 aliphatic rings. The van der Waals surface area contributed by atoms with Crippen LogP contribution in [0, 0.1) is 0 Å². The van der Waals surface area contributed by atoms with Gasteiger partial charge in [-0.25, -0.2) is 0 Å². The molecule has 146 valence electrons. The number of piperidine rings is 1. The lowest BCUT2D eigenvalue weighted by atomic mass is 10.1. The molecule has 0 aliphatic carbocycles. The molecule has 2 aliphatic heterocycles. The quantitative estimate of drug-likeness (QED) is 0.643. The van der Waals surface area contributed by atoms with Crippen LogP contribution >= 0.6 is 0 Å². The molecule has 0 aromatic heterocycles. The van der Waals surface area contributed by atoms with Gasteiger partial charge >= 0.3 is 6.18 Å². The molecule has 0 spiro atoms. The molecule has 2 saturated heterocycles. The summed E-state index contributed by atoms with van der Waals surface area (Å²) >= 11 is 0. The second kappa shape index (κ2) is 9.31. The maximum Gasteiger partial charge on any atom is 0.392 e. The summed E-state index contributed by atoms with van der Waals surface area (Å²) in [6.45, 7) is 12.8. The molecule has 1 N–H and O–H groups in total. The van der Waals surface area contributed by atoms with Gasteiger partial charge in [0.05, 0.1) is 18.4 Å². The van der Waals surface area contributed by atoms with Crippen LogP contribution in [0.5, 0.6) is 0 Å². The summed E-state index contributed by atoms with van der Waals surface area (Å²) in [5, 5.41) is 3.24. The third kappa shape index (κ3) is 6.24. The van der Waals surface area contributed by atoms with Gasteiger partial charge in [-0.1, -0.05) is 24.8 Å². The Labute approximate surface area is 154 Å². The van der Waals surface area contributed by atoms with E-state index in [9.17, 15) is 13.2 Å². The zero-order chi connectivity index (χ0) is 19.2. The Hall–Kier alpha value is -1.69. The number of nitrogens with zero attached hydrogens (tertiary/aromatic N) is 2. The summed E-state index contributed by atoms with van der Waals surface area (Å²) in [6, 6.07) is 0. The summed E-state index contributed by atoms with van der Waals surface area (Å²) in [6.07, 6.45) is 5.68.